The van der Waals surface area contributed by atoms with E-state index in [-0.39, 0.29) is 11.1 Å². The predicted octanol–water partition coefficient (Wildman–Crippen LogP) is 4.36. The topological polar surface area (TPSA) is 64.3 Å². The van der Waals surface area contributed by atoms with Gasteiger partial charge in [-0.1, -0.05) is 12.1 Å². The SMILES string of the molecule is Cc1c(F)cc(C(=O)OC(C)(C)C)cc1C(O)c1ccc(-n2cccn2)cc1. The lowest BCUT2D eigenvalue weighted by Gasteiger charge is -2.21. The maximum absolute atomic E-state index is 14.4. The number of nitrogens with zero attached hydrogens (tertiary/aromatic N) is 2. The van der Waals surface area contributed by atoms with E-state index in [9.17, 15) is 14.3 Å². The molecule has 1 unspecified atom stereocenters. The number of halogens is 1. The number of ether oxygens (including phenoxy) is 1. The van der Waals surface area contributed by atoms with Crippen LogP contribution in [0.15, 0.2) is 54.9 Å². The highest BCUT2D eigenvalue weighted by Gasteiger charge is 2.22. The van der Waals surface area contributed by atoms with Crippen molar-refractivity contribution in [3.63, 3.8) is 0 Å². The molecule has 3 rings (SSSR count). The van der Waals surface area contributed by atoms with Crippen LogP contribution in [0.1, 0.15) is 53.9 Å². The molecule has 0 aliphatic rings. The molecule has 0 amide bonds. The zero-order valence-corrected chi connectivity index (χ0v) is 16.3. The Kier molecular flexibility index (Phi) is 5.34. The fourth-order valence-corrected chi connectivity index (χ4v) is 2.85. The lowest BCUT2D eigenvalue weighted by molar-refractivity contribution is 0.00687. The molecular formula is C22H23FN2O3. The largest absolute Gasteiger partial charge is 0.456 e. The Balaban J connectivity index is 1.92. The summed E-state index contributed by atoms with van der Waals surface area (Å²) in [5.74, 6) is -1.19. The van der Waals surface area contributed by atoms with Gasteiger partial charge in [-0.15, -0.1) is 0 Å². The van der Waals surface area contributed by atoms with E-state index in [0.29, 0.717) is 11.1 Å². The van der Waals surface area contributed by atoms with Crippen LogP contribution in [0.25, 0.3) is 5.69 Å². The fraction of sp³-hybridized carbons (Fsp3) is 0.273. The normalized spacial score (nSPS) is 12.6. The summed E-state index contributed by atoms with van der Waals surface area (Å²) in [6.07, 6.45) is 2.41. The number of aliphatic hydroxyl groups is 1. The number of carbonyl (C=O) groups excluding carboxylic acids is 1. The monoisotopic (exact) mass is 382 g/mol. The molecule has 0 bridgehead atoms. The minimum absolute atomic E-state index is 0.0697. The number of esters is 1. The summed E-state index contributed by atoms with van der Waals surface area (Å²) in [6, 6.07) is 11.6. The third-order valence-electron chi connectivity index (χ3n) is 4.29. The second-order valence-electron chi connectivity index (χ2n) is 7.62. The second-order valence-corrected chi connectivity index (χ2v) is 7.62. The quantitative estimate of drug-likeness (QED) is 0.681. The van der Waals surface area contributed by atoms with Crippen LogP contribution in [0.4, 0.5) is 4.39 Å². The van der Waals surface area contributed by atoms with E-state index in [2.05, 4.69) is 5.10 Å². The average Bonchev–Trinajstić information content (AvgIpc) is 3.16. The third kappa shape index (κ3) is 4.28. The van der Waals surface area contributed by atoms with E-state index in [1.807, 2.05) is 24.4 Å². The van der Waals surface area contributed by atoms with Gasteiger partial charge in [0.25, 0.3) is 0 Å². The van der Waals surface area contributed by atoms with Crippen molar-refractivity contribution in [3.8, 4) is 5.69 Å². The first-order valence-electron chi connectivity index (χ1n) is 8.97. The first kappa shape index (κ1) is 19.8. The Morgan fingerprint density at radius 1 is 1.21 bits per heavy atom. The van der Waals surface area contributed by atoms with Crippen molar-refractivity contribution in [1.82, 2.24) is 9.78 Å². The van der Waals surface area contributed by atoms with Crippen molar-refractivity contribution >= 4 is 5.97 Å². The summed E-state index contributed by atoms with van der Waals surface area (Å²) < 4.78 is 21.4. The molecule has 1 atom stereocenters. The molecule has 0 aliphatic heterocycles. The highest BCUT2D eigenvalue weighted by molar-refractivity contribution is 5.90. The summed E-state index contributed by atoms with van der Waals surface area (Å²) in [5.41, 5.74) is 1.41. The van der Waals surface area contributed by atoms with Gasteiger partial charge in [-0.2, -0.15) is 5.10 Å². The summed E-state index contributed by atoms with van der Waals surface area (Å²) in [7, 11) is 0. The van der Waals surface area contributed by atoms with Gasteiger partial charge in [-0.05, 0) is 74.7 Å². The predicted molar refractivity (Wildman–Crippen MR) is 104 cm³/mol. The van der Waals surface area contributed by atoms with Gasteiger partial charge in [-0.3, -0.25) is 0 Å². The molecule has 0 radical (unpaired) electrons. The molecule has 2 aromatic carbocycles. The zero-order valence-electron chi connectivity index (χ0n) is 16.3. The van der Waals surface area contributed by atoms with E-state index in [4.69, 9.17) is 4.74 Å². The number of carbonyl (C=O) groups is 1. The molecule has 5 nitrogen and oxygen atoms in total. The van der Waals surface area contributed by atoms with Crippen molar-refractivity contribution in [2.45, 2.75) is 39.4 Å². The molecule has 3 aromatic rings. The molecule has 1 heterocycles. The summed E-state index contributed by atoms with van der Waals surface area (Å²) in [6.45, 7) is 6.80. The first-order valence-corrected chi connectivity index (χ1v) is 8.97. The van der Waals surface area contributed by atoms with E-state index < -0.39 is 23.5 Å². The number of hydrogen-bond acceptors (Lipinski definition) is 4. The van der Waals surface area contributed by atoms with Crippen LogP contribution in [0, 0.1) is 12.7 Å². The summed E-state index contributed by atoms with van der Waals surface area (Å²) in [4.78, 5) is 12.3. The van der Waals surface area contributed by atoms with Gasteiger partial charge in [0, 0.05) is 12.4 Å². The number of rotatable bonds is 4. The van der Waals surface area contributed by atoms with Gasteiger partial charge < -0.3 is 9.84 Å². The van der Waals surface area contributed by atoms with Crippen molar-refractivity contribution in [2.24, 2.45) is 0 Å². The van der Waals surface area contributed by atoms with Gasteiger partial charge in [0.05, 0.1) is 11.3 Å². The van der Waals surface area contributed by atoms with Crippen molar-refractivity contribution in [3.05, 3.63) is 82.9 Å². The summed E-state index contributed by atoms with van der Waals surface area (Å²) >= 11 is 0. The number of aliphatic hydroxyl groups excluding tert-OH is 1. The van der Waals surface area contributed by atoms with Crippen molar-refractivity contribution in [1.29, 1.82) is 0 Å². The van der Waals surface area contributed by atoms with Crippen LogP contribution in [0.5, 0.6) is 0 Å². The van der Waals surface area contributed by atoms with Crippen molar-refractivity contribution < 1.29 is 19.0 Å². The van der Waals surface area contributed by atoms with Gasteiger partial charge in [-0.25, -0.2) is 13.9 Å². The maximum atomic E-state index is 14.4. The molecule has 0 fully saturated rings. The van der Waals surface area contributed by atoms with Gasteiger partial charge >= 0.3 is 5.97 Å². The average molecular weight is 382 g/mol. The molecule has 146 valence electrons. The number of benzene rings is 2. The standard InChI is InChI=1S/C22H23FN2O3/c1-14-18(12-16(13-19(14)23)21(27)28-22(2,3)4)20(26)15-6-8-17(9-7-15)25-11-5-10-24-25/h5-13,20,26H,1-4H3. The molecule has 0 saturated carbocycles. The lowest BCUT2D eigenvalue weighted by Crippen LogP contribution is -2.24. The minimum Gasteiger partial charge on any atom is -0.456 e. The third-order valence-corrected chi connectivity index (χ3v) is 4.29. The highest BCUT2D eigenvalue weighted by atomic mass is 19.1. The molecular weight excluding hydrogens is 359 g/mol. The Morgan fingerprint density at radius 2 is 1.89 bits per heavy atom. The smallest absolute Gasteiger partial charge is 0.338 e. The number of aromatic nitrogens is 2. The molecule has 0 spiro atoms. The molecule has 1 N–H and O–H groups in total. The second kappa shape index (κ2) is 7.56. The van der Waals surface area contributed by atoms with E-state index in [0.717, 1.165) is 11.8 Å². The minimum atomic E-state index is -1.08. The Bertz CT molecular complexity index is 974. The Labute approximate surface area is 163 Å². The van der Waals surface area contributed by atoms with Crippen LogP contribution in [-0.4, -0.2) is 26.5 Å². The van der Waals surface area contributed by atoms with Crippen LogP contribution >= 0.6 is 0 Å². The summed E-state index contributed by atoms with van der Waals surface area (Å²) in [5, 5.41) is 15.0. The van der Waals surface area contributed by atoms with Crippen LogP contribution in [0.3, 0.4) is 0 Å². The molecule has 0 saturated heterocycles. The zero-order chi connectivity index (χ0) is 20.5. The van der Waals surface area contributed by atoms with E-state index >= 15 is 0 Å². The van der Waals surface area contributed by atoms with Gasteiger partial charge in [0.15, 0.2) is 0 Å². The van der Waals surface area contributed by atoms with Crippen LogP contribution in [-0.2, 0) is 4.74 Å². The van der Waals surface area contributed by atoms with Gasteiger partial charge in [0.1, 0.15) is 17.5 Å². The highest BCUT2D eigenvalue weighted by Crippen LogP contribution is 2.29. The van der Waals surface area contributed by atoms with Gasteiger partial charge in [0.2, 0.25) is 0 Å². The van der Waals surface area contributed by atoms with E-state index in [1.165, 1.54) is 6.07 Å². The lowest BCUT2D eigenvalue weighted by atomic mass is 9.95. The molecule has 6 heteroatoms. The Morgan fingerprint density at radius 3 is 2.46 bits per heavy atom. The first-order chi connectivity index (χ1) is 13.2. The molecule has 0 aliphatic carbocycles. The number of hydrogen-bond donors (Lipinski definition) is 1. The molecule has 28 heavy (non-hydrogen) atoms. The van der Waals surface area contributed by atoms with E-state index in [1.54, 1.807) is 50.7 Å². The molecule has 1 aromatic heterocycles. The fourth-order valence-electron chi connectivity index (χ4n) is 2.85. The van der Waals surface area contributed by atoms with Crippen molar-refractivity contribution in [2.75, 3.05) is 0 Å². The Hall–Kier alpha value is -2.99. The maximum Gasteiger partial charge on any atom is 0.338 e. The van der Waals surface area contributed by atoms with Crippen LogP contribution in [0.2, 0.25) is 0 Å². The van der Waals surface area contributed by atoms with Crippen LogP contribution < -0.4 is 0 Å².